The molecule has 0 radical (unpaired) electrons. The lowest BCUT2D eigenvalue weighted by Gasteiger charge is -2.15. The van der Waals surface area contributed by atoms with Crippen molar-refractivity contribution in [2.75, 3.05) is 0 Å². The lowest BCUT2D eigenvalue weighted by Crippen LogP contribution is -2.24. The molecule has 2 rings (SSSR count). The molecule has 0 saturated heterocycles. The van der Waals surface area contributed by atoms with E-state index in [1.807, 2.05) is 13.0 Å². The summed E-state index contributed by atoms with van der Waals surface area (Å²) in [6.45, 7) is 1.82. The van der Waals surface area contributed by atoms with Crippen LogP contribution in [0.3, 0.4) is 0 Å². The topological polar surface area (TPSA) is 72.2 Å². The van der Waals surface area contributed by atoms with Crippen molar-refractivity contribution in [1.29, 1.82) is 0 Å². The Hall–Kier alpha value is -2.43. The van der Waals surface area contributed by atoms with Crippen LogP contribution in [0.1, 0.15) is 28.9 Å². The second-order valence-electron chi connectivity index (χ2n) is 3.93. The van der Waals surface area contributed by atoms with E-state index in [0.29, 0.717) is 0 Å². The maximum absolute atomic E-state index is 11.8. The minimum atomic E-state index is -1.05. The highest BCUT2D eigenvalue weighted by Crippen LogP contribution is 2.14. The van der Waals surface area contributed by atoms with E-state index in [4.69, 9.17) is 5.11 Å². The summed E-state index contributed by atoms with van der Waals surface area (Å²) in [5, 5.41) is 8.92. The molecule has 0 aliphatic rings. The quantitative estimate of drug-likeness (QED) is 0.889. The van der Waals surface area contributed by atoms with E-state index in [0.717, 1.165) is 5.56 Å². The molecule has 0 aliphatic carbocycles. The Balaban J connectivity index is 2.48. The summed E-state index contributed by atoms with van der Waals surface area (Å²) in [6.07, 6.45) is 4.65. The van der Waals surface area contributed by atoms with Crippen LogP contribution in [0, 0.1) is 0 Å². The van der Waals surface area contributed by atoms with Crippen molar-refractivity contribution in [3.8, 4) is 0 Å². The van der Waals surface area contributed by atoms with Crippen LogP contribution in [0.2, 0.25) is 0 Å². The smallest absolute Gasteiger partial charge is 0.337 e. The number of rotatable bonds is 3. The molecular weight excluding hydrogens is 232 g/mol. The predicted octanol–water partition coefficient (Wildman–Crippen LogP) is 1.55. The molecule has 0 amide bonds. The van der Waals surface area contributed by atoms with E-state index in [9.17, 15) is 9.59 Å². The van der Waals surface area contributed by atoms with Gasteiger partial charge < -0.3 is 9.67 Å². The molecule has 1 N–H and O–H groups in total. The third-order valence-electron chi connectivity index (χ3n) is 2.77. The van der Waals surface area contributed by atoms with Crippen molar-refractivity contribution >= 4 is 5.97 Å². The maximum atomic E-state index is 11.8. The van der Waals surface area contributed by atoms with E-state index in [1.54, 1.807) is 18.5 Å². The van der Waals surface area contributed by atoms with Crippen molar-refractivity contribution in [3.05, 3.63) is 64.3 Å². The standard InChI is InChI=1S/C13H12N2O3/c1-9(10-3-2-6-14-7-10)15-8-11(13(17)18)4-5-12(15)16/h2-9H,1H3,(H,17,18). The van der Waals surface area contributed by atoms with Gasteiger partial charge >= 0.3 is 5.97 Å². The van der Waals surface area contributed by atoms with Gasteiger partial charge in [-0.25, -0.2) is 4.79 Å². The Bertz CT molecular complexity index is 620. The molecule has 2 heterocycles. The van der Waals surface area contributed by atoms with E-state index in [2.05, 4.69) is 4.98 Å². The van der Waals surface area contributed by atoms with Gasteiger partial charge in [0.05, 0.1) is 11.6 Å². The molecule has 1 atom stereocenters. The number of hydrogen-bond donors (Lipinski definition) is 1. The van der Waals surface area contributed by atoms with Crippen molar-refractivity contribution in [2.24, 2.45) is 0 Å². The van der Waals surface area contributed by atoms with Crippen LogP contribution in [-0.2, 0) is 0 Å². The Labute approximate surface area is 103 Å². The van der Waals surface area contributed by atoms with Gasteiger partial charge in [0, 0.05) is 24.7 Å². The molecule has 5 nitrogen and oxygen atoms in total. The minimum absolute atomic E-state index is 0.0883. The third kappa shape index (κ3) is 2.29. The van der Waals surface area contributed by atoms with Gasteiger partial charge in [-0.1, -0.05) is 6.07 Å². The van der Waals surface area contributed by atoms with Crippen LogP contribution in [0.25, 0.3) is 0 Å². The largest absolute Gasteiger partial charge is 0.478 e. The average molecular weight is 244 g/mol. The fraction of sp³-hybridized carbons (Fsp3) is 0.154. The van der Waals surface area contributed by atoms with Crippen molar-refractivity contribution < 1.29 is 9.90 Å². The molecular formula is C13H12N2O3. The SMILES string of the molecule is CC(c1cccnc1)n1cc(C(=O)O)ccc1=O. The van der Waals surface area contributed by atoms with Gasteiger partial charge in [0.2, 0.25) is 0 Å². The van der Waals surface area contributed by atoms with Crippen LogP contribution in [0.15, 0.2) is 47.7 Å². The number of aromatic carboxylic acids is 1. The number of carboxylic acid groups (broad SMARTS) is 1. The van der Waals surface area contributed by atoms with Crippen LogP contribution in [-0.4, -0.2) is 20.6 Å². The summed E-state index contributed by atoms with van der Waals surface area (Å²) in [7, 11) is 0. The minimum Gasteiger partial charge on any atom is -0.478 e. The molecule has 18 heavy (non-hydrogen) atoms. The number of aromatic nitrogens is 2. The summed E-state index contributed by atoms with van der Waals surface area (Å²) in [5.41, 5.74) is 0.698. The Kier molecular flexibility index (Phi) is 3.23. The lowest BCUT2D eigenvalue weighted by atomic mass is 10.1. The number of hydrogen-bond acceptors (Lipinski definition) is 3. The first kappa shape index (κ1) is 12.0. The van der Waals surface area contributed by atoms with Gasteiger partial charge in [0.1, 0.15) is 0 Å². The van der Waals surface area contributed by atoms with E-state index in [1.165, 1.54) is 22.9 Å². The molecule has 2 aromatic heterocycles. The third-order valence-corrected chi connectivity index (χ3v) is 2.77. The Morgan fingerprint density at radius 2 is 2.17 bits per heavy atom. The fourth-order valence-corrected chi connectivity index (χ4v) is 1.72. The summed E-state index contributed by atoms with van der Waals surface area (Å²) in [4.78, 5) is 26.6. The number of carboxylic acids is 1. The molecule has 92 valence electrons. The number of pyridine rings is 2. The molecule has 0 bridgehead atoms. The fourth-order valence-electron chi connectivity index (χ4n) is 1.72. The highest BCUT2D eigenvalue weighted by molar-refractivity contribution is 5.87. The zero-order valence-electron chi connectivity index (χ0n) is 9.78. The van der Waals surface area contributed by atoms with Crippen molar-refractivity contribution in [1.82, 2.24) is 9.55 Å². The highest BCUT2D eigenvalue weighted by atomic mass is 16.4. The second-order valence-corrected chi connectivity index (χ2v) is 3.93. The van der Waals surface area contributed by atoms with Crippen molar-refractivity contribution in [2.45, 2.75) is 13.0 Å². The summed E-state index contributed by atoms with van der Waals surface area (Å²) >= 11 is 0. The molecule has 0 fully saturated rings. The van der Waals surface area contributed by atoms with Gasteiger partial charge in [-0.05, 0) is 24.6 Å². The van der Waals surface area contributed by atoms with Gasteiger partial charge in [-0.15, -0.1) is 0 Å². The maximum Gasteiger partial charge on any atom is 0.337 e. The normalized spacial score (nSPS) is 12.1. The van der Waals surface area contributed by atoms with Crippen molar-refractivity contribution in [3.63, 3.8) is 0 Å². The van der Waals surface area contributed by atoms with Crippen LogP contribution >= 0.6 is 0 Å². The predicted molar refractivity (Wildman–Crippen MR) is 65.7 cm³/mol. The van der Waals surface area contributed by atoms with E-state index >= 15 is 0 Å². The van der Waals surface area contributed by atoms with Crippen LogP contribution in [0.4, 0.5) is 0 Å². The summed E-state index contributed by atoms with van der Waals surface area (Å²) < 4.78 is 1.39. The molecule has 0 aliphatic heterocycles. The first-order valence-corrected chi connectivity index (χ1v) is 5.45. The Morgan fingerprint density at radius 3 is 2.78 bits per heavy atom. The van der Waals surface area contributed by atoms with Gasteiger partial charge in [-0.3, -0.25) is 9.78 Å². The number of nitrogens with zero attached hydrogens (tertiary/aromatic N) is 2. The molecule has 5 heteroatoms. The number of carbonyl (C=O) groups is 1. The first-order valence-electron chi connectivity index (χ1n) is 5.45. The van der Waals surface area contributed by atoms with Crippen LogP contribution in [0.5, 0.6) is 0 Å². The molecule has 0 saturated carbocycles. The monoisotopic (exact) mass is 244 g/mol. The molecule has 1 unspecified atom stereocenters. The van der Waals surface area contributed by atoms with Gasteiger partial charge in [-0.2, -0.15) is 0 Å². The zero-order chi connectivity index (χ0) is 13.1. The summed E-state index contributed by atoms with van der Waals surface area (Å²) in [6, 6.07) is 5.92. The zero-order valence-corrected chi connectivity index (χ0v) is 9.78. The molecule has 0 spiro atoms. The van der Waals surface area contributed by atoms with Gasteiger partial charge in [0.25, 0.3) is 5.56 Å². The Morgan fingerprint density at radius 1 is 1.39 bits per heavy atom. The van der Waals surface area contributed by atoms with E-state index < -0.39 is 5.97 Å². The molecule has 2 aromatic rings. The molecule has 0 aromatic carbocycles. The second kappa shape index (κ2) is 4.83. The van der Waals surface area contributed by atoms with E-state index in [-0.39, 0.29) is 17.2 Å². The van der Waals surface area contributed by atoms with Gasteiger partial charge in [0.15, 0.2) is 0 Å². The van der Waals surface area contributed by atoms with Crippen LogP contribution < -0.4 is 5.56 Å². The highest BCUT2D eigenvalue weighted by Gasteiger charge is 2.12. The first-order chi connectivity index (χ1) is 8.59. The average Bonchev–Trinajstić information content (AvgIpc) is 2.39. The lowest BCUT2D eigenvalue weighted by molar-refractivity contribution is 0.0695. The summed E-state index contributed by atoms with van der Waals surface area (Å²) in [5.74, 6) is -1.05.